The number of nitrogens with one attached hydrogen (secondary N) is 2. The molecule has 4 rings (SSSR count). The van der Waals surface area contributed by atoms with Crippen LogP contribution in [0.2, 0.25) is 0 Å². The Balaban J connectivity index is 1.29. The highest BCUT2D eigenvalue weighted by Crippen LogP contribution is 2.25. The van der Waals surface area contributed by atoms with Crippen molar-refractivity contribution in [3.8, 4) is 11.5 Å². The van der Waals surface area contributed by atoms with Crippen molar-refractivity contribution in [2.24, 2.45) is 5.92 Å². The first-order valence-corrected chi connectivity index (χ1v) is 12.7. The molecular formula is C28H37N3O4. The van der Waals surface area contributed by atoms with Crippen molar-refractivity contribution in [1.82, 2.24) is 10.2 Å². The van der Waals surface area contributed by atoms with Gasteiger partial charge >= 0.3 is 0 Å². The number of nitrogens with zero attached hydrogens (tertiary/aromatic N) is 1. The predicted octanol–water partition coefficient (Wildman–Crippen LogP) is 4.62. The monoisotopic (exact) mass is 479 g/mol. The van der Waals surface area contributed by atoms with E-state index in [1.54, 1.807) is 32.4 Å². The Morgan fingerprint density at radius 1 is 0.914 bits per heavy atom. The molecule has 35 heavy (non-hydrogen) atoms. The molecule has 1 aliphatic carbocycles. The maximum Gasteiger partial charge on any atom is 0.255 e. The van der Waals surface area contributed by atoms with E-state index in [9.17, 15) is 9.59 Å². The van der Waals surface area contributed by atoms with Gasteiger partial charge in [-0.25, -0.2) is 0 Å². The zero-order valence-corrected chi connectivity index (χ0v) is 20.8. The number of hydrogen-bond acceptors (Lipinski definition) is 5. The van der Waals surface area contributed by atoms with Crippen molar-refractivity contribution in [2.75, 3.05) is 32.6 Å². The molecule has 2 fully saturated rings. The summed E-state index contributed by atoms with van der Waals surface area (Å²) in [5.74, 6) is 1.29. The second-order valence-corrected chi connectivity index (χ2v) is 9.65. The molecule has 1 aliphatic heterocycles. The molecule has 2 amide bonds. The number of anilines is 1. The van der Waals surface area contributed by atoms with Gasteiger partial charge in [0.1, 0.15) is 11.5 Å². The van der Waals surface area contributed by atoms with Gasteiger partial charge in [0.2, 0.25) is 5.91 Å². The van der Waals surface area contributed by atoms with Gasteiger partial charge in [0.15, 0.2) is 0 Å². The van der Waals surface area contributed by atoms with Crippen LogP contribution in [0.25, 0.3) is 0 Å². The number of ether oxygens (including phenoxy) is 2. The highest BCUT2D eigenvalue weighted by atomic mass is 16.5. The molecule has 188 valence electrons. The van der Waals surface area contributed by atoms with Crippen LogP contribution in [0.15, 0.2) is 42.5 Å². The molecule has 1 saturated carbocycles. The van der Waals surface area contributed by atoms with Gasteiger partial charge in [0.05, 0.1) is 14.2 Å². The predicted molar refractivity (Wildman–Crippen MR) is 137 cm³/mol. The largest absolute Gasteiger partial charge is 0.497 e. The van der Waals surface area contributed by atoms with E-state index in [0.29, 0.717) is 23.1 Å². The van der Waals surface area contributed by atoms with E-state index in [0.717, 1.165) is 56.6 Å². The molecular weight excluding hydrogens is 442 g/mol. The standard InChI is InChI=1S/C28H37N3O4/c1-34-25-16-22(17-26(18-25)35-2)28(33)30-24-10-6-7-20(15-24)19-31-13-11-21(12-14-31)27(32)29-23-8-4-3-5-9-23/h6-7,10,15-18,21,23H,3-5,8-9,11-14,19H2,1-2H3,(H,29,32)(H,30,33). The van der Waals surface area contributed by atoms with Gasteiger partial charge < -0.3 is 20.1 Å². The highest BCUT2D eigenvalue weighted by Gasteiger charge is 2.27. The summed E-state index contributed by atoms with van der Waals surface area (Å²) in [5.41, 5.74) is 2.35. The molecule has 2 aromatic rings. The third-order valence-corrected chi connectivity index (χ3v) is 7.11. The van der Waals surface area contributed by atoms with E-state index in [1.807, 2.05) is 18.2 Å². The minimum atomic E-state index is -0.218. The van der Waals surface area contributed by atoms with Gasteiger partial charge in [-0.3, -0.25) is 14.5 Å². The van der Waals surface area contributed by atoms with Crippen molar-refractivity contribution < 1.29 is 19.1 Å². The Bertz CT molecular complexity index is 989. The minimum Gasteiger partial charge on any atom is -0.497 e. The number of carbonyl (C=O) groups is 2. The third-order valence-electron chi connectivity index (χ3n) is 7.11. The van der Waals surface area contributed by atoms with Crippen molar-refractivity contribution in [2.45, 2.75) is 57.5 Å². The zero-order chi connectivity index (χ0) is 24.6. The Labute approximate surface area is 208 Å². The second kappa shape index (κ2) is 12.1. The van der Waals surface area contributed by atoms with Gasteiger partial charge in [-0.1, -0.05) is 31.4 Å². The van der Waals surface area contributed by atoms with Crippen LogP contribution in [0.3, 0.4) is 0 Å². The molecule has 1 saturated heterocycles. The fourth-order valence-electron chi connectivity index (χ4n) is 5.07. The molecule has 0 spiro atoms. The van der Waals surface area contributed by atoms with Gasteiger partial charge in [0.25, 0.3) is 5.91 Å². The van der Waals surface area contributed by atoms with Crippen molar-refractivity contribution in [3.05, 3.63) is 53.6 Å². The van der Waals surface area contributed by atoms with Crippen LogP contribution in [0.5, 0.6) is 11.5 Å². The van der Waals surface area contributed by atoms with Gasteiger partial charge in [-0.05, 0) is 68.6 Å². The summed E-state index contributed by atoms with van der Waals surface area (Å²) in [4.78, 5) is 27.9. The van der Waals surface area contributed by atoms with E-state index in [4.69, 9.17) is 9.47 Å². The quantitative estimate of drug-likeness (QED) is 0.578. The minimum absolute atomic E-state index is 0.124. The number of hydrogen-bond donors (Lipinski definition) is 2. The van der Waals surface area contributed by atoms with Gasteiger partial charge in [-0.2, -0.15) is 0 Å². The van der Waals surface area contributed by atoms with E-state index in [1.165, 1.54) is 19.3 Å². The molecule has 0 unspecified atom stereocenters. The highest BCUT2D eigenvalue weighted by molar-refractivity contribution is 6.04. The first-order valence-electron chi connectivity index (χ1n) is 12.7. The zero-order valence-electron chi connectivity index (χ0n) is 20.8. The van der Waals surface area contributed by atoms with E-state index in [-0.39, 0.29) is 17.7 Å². The van der Waals surface area contributed by atoms with Crippen LogP contribution < -0.4 is 20.1 Å². The Kier molecular flexibility index (Phi) is 8.64. The first kappa shape index (κ1) is 25.0. The number of benzene rings is 2. The molecule has 2 aromatic carbocycles. The summed E-state index contributed by atoms with van der Waals surface area (Å²) in [7, 11) is 3.12. The number of rotatable bonds is 8. The maximum absolute atomic E-state index is 12.8. The summed E-state index contributed by atoms with van der Waals surface area (Å²) in [6.07, 6.45) is 7.81. The lowest BCUT2D eigenvalue weighted by molar-refractivity contribution is -0.127. The molecule has 2 aliphatic rings. The molecule has 2 N–H and O–H groups in total. The third kappa shape index (κ3) is 6.98. The maximum atomic E-state index is 12.8. The fraction of sp³-hybridized carbons (Fsp3) is 0.500. The SMILES string of the molecule is COc1cc(OC)cc(C(=O)Nc2cccc(CN3CCC(C(=O)NC4CCCCC4)CC3)c2)c1. The smallest absolute Gasteiger partial charge is 0.255 e. The normalized spacial score (nSPS) is 17.5. The van der Waals surface area contributed by atoms with Gasteiger partial charge in [-0.15, -0.1) is 0 Å². The van der Waals surface area contributed by atoms with Crippen LogP contribution in [-0.2, 0) is 11.3 Å². The van der Waals surface area contributed by atoms with Crippen LogP contribution in [0, 0.1) is 5.92 Å². The lowest BCUT2D eigenvalue weighted by atomic mass is 9.92. The van der Waals surface area contributed by atoms with E-state index in [2.05, 4.69) is 21.6 Å². The van der Waals surface area contributed by atoms with Crippen LogP contribution in [0.1, 0.15) is 60.9 Å². The topological polar surface area (TPSA) is 79.9 Å². The van der Waals surface area contributed by atoms with Crippen molar-refractivity contribution >= 4 is 17.5 Å². The number of likely N-dealkylation sites (tertiary alicyclic amines) is 1. The Morgan fingerprint density at radius 2 is 1.60 bits per heavy atom. The molecule has 0 atom stereocenters. The number of carbonyl (C=O) groups excluding carboxylic acids is 2. The fourth-order valence-corrected chi connectivity index (χ4v) is 5.07. The number of piperidine rings is 1. The molecule has 1 heterocycles. The molecule has 7 nitrogen and oxygen atoms in total. The first-order chi connectivity index (χ1) is 17.0. The summed E-state index contributed by atoms with van der Waals surface area (Å²) < 4.78 is 10.5. The number of amides is 2. The van der Waals surface area contributed by atoms with Crippen LogP contribution in [-0.4, -0.2) is 50.1 Å². The summed E-state index contributed by atoms with van der Waals surface area (Å²) in [5, 5.41) is 6.27. The van der Waals surface area contributed by atoms with Crippen molar-refractivity contribution in [3.63, 3.8) is 0 Å². The average molecular weight is 480 g/mol. The summed E-state index contributed by atoms with van der Waals surface area (Å²) in [6, 6.07) is 13.4. The van der Waals surface area contributed by atoms with E-state index >= 15 is 0 Å². The second-order valence-electron chi connectivity index (χ2n) is 9.65. The lowest BCUT2D eigenvalue weighted by Gasteiger charge is -2.32. The van der Waals surface area contributed by atoms with Crippen LogP contribution >= 0.6 is 0 Å². The molecule has 0 bridgehead atoms. The number of methoxy groups -OCH3 is 2. The Morgan fingerprint density at radius 3 is 2.26 bits per heavy atom. The molecule has 0 radical (unpaired) electrons. The molecule has 7 heteroatoms. The van der Waals surface area contributed by atoms with Gasteiger partial charge in [0, 0.05) is 35.8 Å². The lowest BCUT2D eigenvalue weighted by Crippen LogP contribution is -2.44. The van der Waals surface area contributed by atoms with E-state index < -0.39 is 0 Å². The van der Waals surface area contributed by atoms with Crippen LogP contribution in [0.4, 0.5) is 5.69 Å². The summed E-state index contributed by atoms with van der Waals surface area (Å²) >= 11 is 0. The molecule has 0 aromatic heterocycles. The van der Waals surface area contributed by atoms with Crippen molar-refractivity contribution in [1.29, 1.82) is 0 Å². The average Bonchev–Trinajstić information content (AvgIpc) is 2.89. The Hall–Kier alpha value is -3.06. The summed E-state index contributed by atoms with van der Waals surface area (Å²) in [6.45, 7) is 2.61.